The molecule has 4 nitrogen and oxygen atoms in total. The van der Waals surface area contributed by atoms with Crippen molar-refractivity contribution < 1.29 is 4.79 Å². The molecule has 1 amide bonds. The Hall–Kier alpha value is -1.58. The van der Waals surface area contributed by atoms with Gasteiger partial charge in [-0.1, -0.05) is 19.8 Å². The zero-order valence-corrected chi connectivity index (χ0v) is 9.49. The van der Waals surface area contributed by atoms with Crippen molar-refractivity contribution in [3.8, 4) is 0 Å². The molecule has 0 spiro atoms. The van der Waals surface area contributed by atoms with Crippen molar-refractivity contribution in [2.24, 2.45) is 5.73 Å². The van der Waals surface area contributed by atoms with Crippen molar-refractivity contribution >= 4 is 11.7 Å². The highest BCUT2D eigenvalue weighted by atomic mass is 16.1. The van der Waals surface area contributed by atoms with Gasteiger partial charge in [-0.25, -0.2) is 4.98 Å². The van der Waals surface area contributed by atoms with Crippen molar-refractivity contribution in [2.45, 2.75) is 38.6 Å². The molecule has 0 saturated carbocycles. The van der Waals surface area contributed by atoms with Crippen LogP contribution in [0, 0.1) is 0 Å². The third kappa shape index (κ3) is 2.15. The molecule has 0 saturated heterocycles. The molecule has 1 aliphatic heterocycles. The van der Waals surface area contributed by atoms with Gasteiger partial charge >= 0.3 is 0 Å². The number of carbonyl (C=O) groups excluding carboxylic acids is 1. The van der Waals surface area contributed by atoms with Crippen LogP contribution in [0.15, 0.2) is 12.3 Å². The van der Waals surface area contributed by atoms with Gasteiger partial charge in [-0.2, -0.15) is 0 Å². The molecule has 3 N–H and O–H groups in total. The Kier molecular flexibility index (Phi) is 3.08. The van der Waals surface area contributed by atoms with Crippen molar-refractivity contribution in [1.29, 1.82) is 0 Å². The van der Waals surface area contributed by atoms with Crippen LogP contribution in [0.5, 0.6) is 0 Å². The number of anilines is 1. The number of rotatable bonds is 4. The average molecular weight is 219 g/mol. The zero-order valence-electron chi connectivity index (χ0n) is 9.49. The van der Waals surface area contributed by atoms with E-state index in [1.807, 2.05) is 6.07 Å². The summed E-state index contributed by atoms with van der Waals surface area (Å²) in [4.78, 5) is 15.2. The summed E-state index contributed by atoms with van der Waals surface area (Å²) in [5, 5.41) is 3.37. The molecule has 0 unspecified atom stereocenters. The molecule has 1 aromatic heterocycles. The first-order valence-electron chi connectivity index (χ1n) is 5.76. The molecule has 2 heterocycles. The van der Waals surface area contributed by atoms with E-state index < -0.39 is 5.91 Å². The molecule has 0 bridgehead atoms. The first-order valence-corrected chi connectivity index (χ1v) is 5.76. The Morgan fingerprint density at radius 2 is 2.50 bits per heavy atom. The van der Waals surface area contributed by atoms with E-state index in [0.717, 1.165) is 24.2 Å². The van der Waals surface area contributed by atoms with Gasteiger partial charge in [0.15, 0.2) is 0 Å². The first-order chi connectivity index (χ1) is 7.70. The number of hydrogen-bond acceptors (Lipinski definition) is 3. The number of nitrogens with zero attached hydrogens (tertiary/aromatic N) is 1. The number of primary amides is 1. The molecule has 0 fully saturated rings. The van der Waals surface area contributed by atoms with Crippen LogP contribution < -0.4 is 11.1 Å². The van der Waals surface area contributed by atoms with Crippen LogP contribution in [0.1, 0.15) is 42.1 Å². The maximum atomic E-state index is 11.0. The molecule has 86 valence electrons. The third-order valence-electron chi connectivity index (χ3n) is 2.96. The van der Waals surface area contributed by atoms with Gasteiger partial charge in [0, 0.05) is 12.2 Å². The highest BCUT2D eigenvalue weighted by Gasteiger charge is 2.21. The number of hydrogen-bond donors (Lipinski definition) is 2. The highest BCUT2D eigenvalue weighted by Crippen LogP contribution is 2.26. The fourth-order valence-corrected chi connectivity index (χ4v) is 2.07. The smallest absolute Gasteiger partial charge is 0.250 e. The Labute approximate surface area is 95.3 Å². The number of pyridine rings is 1. The van der Waals surface area contributed by atoms with Gasteiger partial charge in [-0.3, -0.25) is 4.79 Å². The summed E-state index contributed by atoms with van der Waals surface area (Å²) in [6, 6.07) is 2.31. The van der Waals surface area contributed by atoms with Crippen LogP contribution in [-0.4, -0.2) is 16.9 Å². The summed E-state index contributed by atoms with van der Waals surface area (Å²) in [7, 11) is 0. The van der Waals surface area contributed by atoms with E-state index in [2.05, 4.69) is 17.2 Å². The summed E-state index contributed by atoms with van der Waals surface area (Å²) < 4.78 is 0. The Morgan fingerprint density at radius 1 is 1.69 bits per heavy atom. The predicted molar refractivity (Wildman–Crippen MR) is 63.4 cm³/mol. The maximum absolute atomic E-state index is 11.0. The van der Waals surface area contributed by atoms with Crippen LogP contribution in [0.4, 0.5) is 5.82 Å². The van der Waals surface area contributed by atoms with Crippen molar-refractivity contribution in [1.82, 2.24) is 4.98 Å². The van der Waals surface area contributed by atoms with E-state index in [9.17, 15) is 4.79 Å². The first kappa shape index (κ1) is 10.9. The highest BCUT2D eigenvalue weighted by molar-refractivity contribution is 5.93. The van der Waals surface area contributed by atoms with Crippen LogP contribution in [0.2, 0.25) is 0 Å². The lowest BCUT2D eigenvalue weighted by atomic mass is 10.1. The lowest BCUT2D eigenvalue weighted by Gasteiger charge is -2.08. The number of nitrogens with one attached hydrogen (secondary N) is 1. The lowest BCUT2D eigenvalue weighted by Crippen LogP contribution is -2.14. The minimum Gasteiger partial charge on any atom is -0.367 e. The summed E-state index contributed by atoms with van der Waals surface area (Å²) in [5.74, 6) is 0.499. The third-order valence-corrected chi connectivity index (χ3v) is 2.96. The standard InChI is InChI=1S/C12H17N3O/c1-2-3-4-10-6-8-5-9(11(13)16)7-14-12(8)15-10/h5,7,10H,2-4,6H2,1H3,(H2,13,16)(H,14,15)/t10-/m1/s1. The quantitative estimate of drug-likeness (QED) is 0.810. The van der Waals surface area contributed by atoms with Crippen molar-refractivity contribution in [3.63, 3.8) is 0 Å². The van der Waals surface area contributed by atoms with Gasteiger partial charge < -0.3 is 11.1 Å². The Morgan fingerprint density at radius 3 is 3.19 bits per heavy atom. The normalized spacial score (nSPS) is 17.9. The number of carbonyl (C=O) groups is 1. The number of nitrogens with two attached hydrogens (primary N) is 1. The average Bonchev–Trinajstić information content (AvgIpc) is 2.67. The molecule has 2 rings (SSSR count). The van der Waals surface area contributed by atoms with E-state index >= 15 is 0 Å². The minimum absolute atomic E-state index is 0.410. The second-order valence-electron chi connectivity index (χ2n) is 4.28. The van der Waals surface area contributed by atoms with Gasteiger partial charge in [-0.15, -0.1) is 0 Å². The number of aromatic nitrogens is 1. The molecule has 1 aromatic rings. The fraction of sp³-hybridized carbons (Fsp3) is 0.500. The van der Waals surface area contributed by atoms with Crippen molar-refractivity contribution in [3.05, 3.63) is 23.4 Å². The summed E-state index contributed by atoms with van der Waals surface area (Å²) >= 11 is 0. The van der Waals surface area contributed by atoms with E-state index in [1.54, 1.807) is 0 Å². The van der Waals surface area contributed by atoms with E-state index in [0.29, 0.717) is 11.6 Å². The summed E-state index contributed by atoms with van der Waals surface area (Å²) in [5.41, 5.74) is 6.83. The molecule has 0 radical (unpaired) electrons. The SMILES string of the molecule is CCCC[C@@H]1Cc2cc(C(N)=O)cnc2N1. The van der Waals surface area contributed by atoms with Crippen molar-refractivity contribution in [2.75, 3.05) is 5.32 Å². The maximum Gasteiger partial charge on any atom is 0.250 e. The van der Waals surface area contributed by atoms with Gasteiger partial charge in [-0.05, 0) is 24.5 Å². The number of amides is 1. The van der Waals surface area contributed by atoms with Crippen LogP contribution in [-0.2, 0) is 6.42 Å². The second kappa shape index (κ2) is 4.51. The molecular weight excluding hydrogens is 202 g/mol. The largest absolute Gasteiger partial charge is 0.367 e. The predicted octanol–water partition coefficient (Wildman–Crippen LogP) is 1.71. The minimum atomic E-state index is -0.410. The van der Waals surface area contributed by atoms with E-state index in [-0.39, 0.29) is 0 Å². The summed E-state index contributed by atoms with van der Waals surface area (Å²) in [6.07, 6.45) is 6.06. The van der Waals surface area contributed by atoms with E-state index in [1.165, 1.54) is 19.0 Å². The molecule has 1 aliphatic rings. The lowest BCUT2D eigenvalue weighted by molar-refractivity contribution is 0.1000. The molecule has 0 aliphatic carbocycles. The molecular formula is C12H17N3O. The Balaban J connectivity index is 2.09. The second-order valence-corrected chi connectivity index (χ2v) is 4.28. The van der Waals surface area contributed by atoms with E-state index in [4.69, 9.17) is 5.73 Å². The summed E-state index contributed by atoms with van der Waals surface area (Å²) in [6.45, 7) is 2.19. The van der Waals surface area contributed by atoms with Crippen LogP contribution in [0.3, 0.4) is 0 Å². The number of fused-ring (bicyclic) bond motifs is 1. The molecule has 0 aromatic carbocycles. The molecule has 16 heavy (non-hydrogen) atoms. The van der Waals surface area contributed by atoms with Gasteiger partial charge in [0.05, 0.1) is 5.56 Å². The zero-order chi connectivity index (χ0) is 11.5. The fourth-order valence-electron chi connectivity index (χ4n) is 2.07. The Bertz CT molecular complexity index is 403. The molecule has 4 heteroatoms. The van der Waals surface area contributed by atoms with Gasteiger partial charge in [0.2, 0.25) is 5.91 Å². The number of unbranched alkanes of at least 4 members (excludes halogenated alkanes) is 1. The van der Waals surface area contributed by atoms with Crippen LogP contribution in [0.25, 0.3) is 0 Å². The van der Waals surface area contributed by atoms with Crippen LogP contribution >= 0.6 is 0 Å². The topological polar surface area (TPSA) is 68.0 Å². The van der Waals surface area contributed by atoms with Gasteiger partial charge in [0.25, 0.3) is 0 Å². The van der Waals surface area contributed by atoms with Gasteiger partial charge in [0.1, 0.15) is 5.82 Å². The monoisotopic (exact) mass is 219 g/mol. The molecule has 1 atom stereocenters.